The summed E-state index contributed by atoms with van der Waals surface area (Å²) in [5.41, 5.74) is 2.89. The molecule has 0 unspecified atom stereocenters. The molecular weight excluding hydrogens is 444 g/mol. The fraction of sp³-hybridized carbons (Fsp3) is 0.481. The SMILES string of the molecule is CC(C)(C)[C@H]1CCc2c(sc(NC(=O)c3ccc4c(=O)n5c(nc4c3)CCCCC5)c2C#N)C1. The highest BCUT2D eigenvalue weighted by molar-refractivity contribution is 7.16. The van der Waals surface area contributed by atoms with Gasteiger partial charge in [0.1, 0.15) is 16.9 Å². The monoisotopic (exact) mass is 474 g/mol. The third-order valence-electron chi connectivity index (χ3n) is 7.41. The number of nitrogens with zero attached hydrogens (tertiary/aromatic N) is 3. The second-order valence-electron chi connectivity index (χ2n) is 10.6. The number of thiophene rings is 1. The van der Waals surface area contributed by atoms with Crippen LogP contribution in [0.15, 0.2) is 23.0 Å². The van der Waals surface area contributed by atoms with E-state index in [-0.39, 0.29) is 16.9 Å². The van der Waals surface area contributed by atoms with Gasteiger partial charge >= 0.3 is 0 Å². The third-order valence-corrected chi connectivity index (χ3v) is 8.58. The zero-order valence-electron chi connectivity index (χ0n) is 20.0. The summed E-state index contributed by atoms with van der Waals surface area (Å²) in [7, 11) is 0. The molecule has 0 fully saturated rings. The van der Waals surface area contributed by atoms with Gasteiger partial charge in [-0.2, -0.15) is 5.26 Å². The van der Waals surface area contributed by atoms with Crippen molar-refractivity contribution >= 4 is 33.1 Å². The topological polar surface area (TPSA) is 87.8 Å². The Hall–Kier alpha value is -2.98. The van der Waals surface area contributed by atoms with E-state index in [0.29, 0.717) is 39.5 Å². The van der Waals surface area contributed by atoms with Crippen LogP contribution in [0.25, 0.3) is 10.9 Å². The van der Waals surface area contributed by atoms with Gasteiger partial charge in [-0.05, 0) is 67.2 Å². The molecule has 0 saturated carbocycles. The van der Waals surface area contributed by atoms with Crippen molar-refractivity contribution in [1.29, 1.82) is 5.26 Å². The van der Waals surface area contributed by atoms with Crippen molar-refractivity contribution in [2.75, 3.05) is 5.32 Å². The first-order valence-corrected chi connectivity index (χ1v) is 13.0. The average molecular weight is 475 g/mol. The van der Waals surface area contributed by atoms with Crippen LogP contribution in [0, 0.1) is 22.7 Å². The van der Waals surface area contributed by atoms with E-state index in [4.69, 9.17) is 4.98 Å². The normalized spacial score (nSPS) is 18.0. The van der Waals surface area contributed by atoms with Gasteiger partial charge < -0.3 is 5.32 Å². The Kier molecular flexibility index (Phi) is 5.81. The van der Waals surface area contributed by atoms with Crippen molar-refractivity contribution in [1.82, 2.24) is 9.55 Å². The first-order valence-electron chi connectivity index (χ1n) is 12.2. The van der Waals surface area contributed by atoms with E-state index in [9.17, 15) is 14.9 Å². The molecule has 1 aromatic carbocycles. The number of benzene rings is 1. The van der Waals surface area contributed by atoms with Gasteiger partial charge in [-0.15, -0.1) is 11.3 Å². The summed E-state index contributed by atoms with van der Waals surface area (Å²) in [6, 6.07) is 7.42. The predicted octanol–water partition coefficient (Wildman–Crippen LogP) is 5.46. The molecular formula is C27H30N4O2S. The summed E-state index contributed by atoms with van der Waals surface area (Å²) in [4.78, 5) is 32.1. The number of hydrogen-bond acceptors (Lipinski definition) is 5. The smallest absolute Gasteiger partial charge is 0.261 e. The van der Waals surface area contributed by atoms with Crippen LogP contribution in [0.2, 0.25) is 0 Å². The second-order valence-corrected chi connectivity index (χ2v) is 11.7. The Morgan fingerprint density at radius 1 is 1.24 bits per heavy atom. The lowest BCUT2D eigenvalue weighted by atomic mass is 9.72. The highest BCUT2D eigenvalue weighted by Gasteiger charge is 2.32. The van der Waals surface area contributed by atoms with E-state index in [1.54, 1.807) is 22.8 Å². The maximum absolute atomic E-state index is 13.2. The molecule has 0 bridgehead atoms. The summed E-state index contributed by atoms with van der Waals surface area (Å²) < 4.78 is 1.79. The standard InChI is InChI=1S/C27H30N4O2S/c1-27(2,3)17-9-11-18-20(15-28)25(34-22(18)14-17)30-24(32)16-8-10-19-21(13-16)29-23-7-5-4-6-12-31(23)26(19)33/h8,10,13,17H,4-7,9,11-12,14H2,1-3H3,(H,30,32)/t17-/m0/s1. The minimum absolute atomic E-state index is 0.0278. The van der Waals surface area contributed by atoms with Crippen LogP contribution in [0.1, 0.15) is 78.6 Å². The van der Waals surface area contributed by atoms with E-state index < -0.39 is 0 Å². The number of carbonyl (C=O) groups is 1. The molecule has 1 N–H and O–H groups in total. The van der Waals surface area contributed by atoms with Gasteiger partial charge in [-0.25, -0.2) is 4.98 Å². The molecule has 0 spiro atoms. The zero-order valence-corrected chi connectivity index (χ0v) is 20.8. The van der Waals surface area contributed by atoms with Gasteiger partial charge in [-0.1, -0.05) is 27.2 Å². The molecule has 0 saturated heterocycles. The lowest BCUT2D eigenvalue weighted by molar-refractivity contribution is 0.102. The quantitative estimate of drug-likeness (QED) is 0.534. The molecule has 2 aliphatic rings. The summed E-state index contributed by atoms with van der Waals surface area (Å²) in [5.74, 6) is 1.09. The molecule has 3 heterocycles. The highest BCUT2D eigenvalue weighted by Crippen LogP contribution is 2.44. The lowest BCUT2D eigenvalue weighted by Gasteiger charge is -2.33. The van der Waals surface area contributed by atoms with E-state index in [0.717, 1.165) is 56.3 Å². The Morgan fingerprint density at radius 3 is 2.82 bits per heavy atom. The van der Waals surface area contributed by atoms with Gasteiger partial charge in [0.2, 0.25) is 0 Å². The number of hydrogen-bond donors (Lipinski definition) is 1. The predicted molar refractivity (Wildman–Crippen MR) is 136 cm³/mol. The Labute approximate surface area is 203 Å². The van der Waals surface area contributed by atoms with Crippen LogP contribution in [0.5, 0.6) is 0 Å². The maximum Gasteiger partial charge on any atom is 0.261 e. The van der Waals surface area contributed by atoms with E-state index in [2.05, 4.69) is 32.2 Å². The molecule has 1 amide bonds. The number of carbonyl (C=O) groups excluding carboxylic acids is 1. The number of amides is 1. The number of anilines is 1. The molecule has 5 rings (SSSR count). The summed E-state index contributed by atoms with van der Waals surface area (Å²) in [6.07, 6.45) is 6.77. The zero-order chi connectivity index (χ0) is 24.0. The van der Waals surface area contributed by atoms with Crippen molar-refractivity contribution in [2.24, 2.45) is 11.3 Å². The molecule has 6 nitrogen and oxygen atoms in total. The lowest BCUT2D eigenvalue weighted by Crippen LogP contribution is -2.26. The largest absolute Gasteiger partial charge is 0.312 e. The highest BCUT2D eigenvalue weighted by atomic mass is 32.1. The number of fused-ring (bicyclic) bond motifs is 3. The van der Waals surface area contributed by atoms with Crippen LogP contribution in [-0.4, -0.2) is 15.5 Å². The molecule has 176 valence electrons. The summed E-state index contributed by atoms with van der Waals surface area (Å²) in [5, 5.41) is 14.0. The van der Waals surface area contributed by atoms with Crippen molar-refractivity contribution in [3.63, 3.8) is 0 Å². The van der Waals surface area contributed by atoms with Gasteiger partial charge in [0.15, 0.2) is 0 Å². The van der Waals surface area contributed by atoms with Gasteiger partial charge in [0.05, 0.1) is 16.5 Å². The fourth-order valence-electron chi connectivity index (χ4n) is 5.27. The molecule has 1 atom stereocenters. The summed E-state index contributed by atoms with van der Waals surface area (Å²) in [6.45, 7) is 7.50. The number of aromatic nitrogens is 2. The average Bonchev–Trinajstić information content (AvgIpc) is 2.97. The van der Waals surface area contributed by atoms with E-state index in [1.807, 2.05) is 0 Å². The number of nitrogens with one attached hydrogen (secondary N) is 1. The van der Waals surface area contributed by atoms with Gasteiger partial charge in [0, 0.05) is 23.4 Å². The van der Waals surface area contributed by atoms with E-state index >= 15 is 0 Å². The number of rotatable bonds is 2. The number of aryl methyl sites for hydroxylation is 1. The van der Waals surface area contributed by atoms with Crippen LogP contribution < -0.4 is 10.9 Å². The van der Waals surface area contributed by atoms with Crippen LogP contribution in [0.4, 0.5) is 5.00 Å². The molecule has 0 radical (unpaired) electrons. The first kappa shape index (κ1) is 22.8. The van der Waals surface area contributed by atoms with Gasteiger partial charge in [0.25, 0.3) is 11.5 Å². The molecule has 34 heavy (non-hydrogen) atoms. The molecule has 3 aromatic rings. The minimum atomic E-state index is -0.277. The molecule has 2 aromatic heterocycles. The minimum Gasteiger partial charge on any atom is -0.312 e. The first-order chi connectivity index (χ1) is 16.3. The molecule has 1 aliphatic heterocycles. The van der Waals surface area contributed by atoms with Crippen LogP contribution in [-0.2, 0) is 25.8 Å². The molecule has 1 aliphatic carbocycles. The van der Waals surface area contributed by atoms with Crippen molar-refractivity contribution in [3.8, 4) is 6.07 Å². The van der Waals surface area contributed by atoms with E-state index in [1.165, 1.54) is 16.2 Å². The number of nitriles is 1. The van der Waals surface area contributed by atoms with Crippen molar-refractivity contribution < 1.29 is 4.79 Å². The Morgan fingerprint density at radius 2 is 2.06 bits per heavy atom. The Bertz CT molecular complexity index is 1390. The second kappa shape index (κ2) is 8.66. The van der Waals surface area contributed by atoms with Crippen LogP contribution >= 0.6 is 11.3 Å². The van der Waals surface area contributed by atoms with Crippen molar-refractivity contribution in [3.05, 3.63) is 55.9 Å². The third kappa shape index (κ3) is 4.05. The van der Waals surface area contributed by atoms with Gasteiger partial charge in [-0.3, -0.25) is 14.2 Å². The maximum atomic E-state index is 13.2. The van der Waals surface area contributed by atoms with Crippen molar-refractivity contribution in [2.45, 2.75) is 72.3 Å². The Balaban J connectivity index is 1.45. The fourth-order valence-corrected chi connectivity index (χ4v) is 6.54. The molecule has 7 heteroatoms. The van der Waals surface area contributed by atoms with Crippen LogP contribution in [0.3, 0.4) is 0 Å². The summed E-state index contributed by atoms with van der Waals surface area (Å²) >= 11 is 1.53.